The van der Waals surface area contributed by atoms with Crippen molar-refractivity contribution >= 4 is 11.6 Å². The summed E-state index contributed by atoms with van der Waals surface area (Å²) in [6.45, 7) is 3.50. The lowest BCUT2D eigenvalue weighted by Gasteiger charge is -2.07. The predicted molar refractivity (Wildman–Crippen MR) is 87.3 cm³/mol. The Balaban J connectivity index is 1.92. The van der Waals surface area contributed by atoms with Crippen molar-refractivity contribution in [3.8, 4) is 5.69 Å². The number of hydrogen-bond acceptors (Lipinski definition) is 2. The van der Waals surface area contributed by atoms with Gasteiger partial charge in [-0.15, -0.1) is 0 Å². The maximum Gasteiger partial charge on any atom is 0.259 e. The highest BCUT2D eigenvalue weighted by molar-refractivity contribution is 6.05. The minimum atomic E-state index is -0.371. The molecule has 0 aliphatic rings. The van der Waals surface area contributed by atoms with Crippen LogP contribution in [0, 0.1) is 25.5 Å². The van der Waals surface area contributed by atoms with Crippen LogP contribution in [0.1, 0.15) is 21.7 Å². The van der Waals surface area contributed by atoms with Gasteiger partial charge in [-0.1, -0.05) is 0 Å². The summed E-state index contributed by atoms with van der Waals surface area (Å²) < 4.78 is 27.6. The summed E-state index contributed by atoms with van der Waals surface area (Å²) in [5.74, 6) is -1.04. The molecule has 0 aliphatic heterocycles. The van der Waals surface area contributed by atoms with E-state index in [0.717, 1.165) is 0 Å². The van der Waals surface area contributed by atoms with Crippen molar-refractivity contribution in [3.05, 3.63) is 77.1 Å². The third kappa shape index (κ3) is 3.03. The van der Waals surface area contributed by atoms with Crippen molar-refractivity contribution < 1.29 is 13.6 Å². The number of aryl methyl sites for hydroxylation is 1. The zero-order valence-corrected chi connectivity index (χ0v) is 13.2. The highest BCUT2D eigenvalue weighted by atomic mass is 19.1. The fraction of sp³-hybridized carbons (Fsp3) is 0.111. The molecular formula is C18H15F2N3O. The highest BCUT2D eigenvalue weighted by Gasteiger charge is 2.19. The van der Waals surface area contributed by atoms with Gasteiger partial charge in [0.25, 0.3) is 5.91 Å². The van der Waals surface area contributed by atoms with Crippen LogP contribution in [0.25, 0.3) is 5.69 Å². The molecule has 3 aromatic rings. The maximum atomic E-state index is 13.1. The van der Waals surface area contributed by atoms with E-state index in [1.54, 1.807) is 30.7 Å². The molecule has 0 saturated heterocycles. The Morgan fingerprint density at radius 1 is 0.958 bits per heavy atom. The van der Waals surface area contributed by atoms with Crippen LogP contribution in [0.2, 0.25) is 0 Å². The molecule has 1 heterocycles. The maximum absolute atomic E-state index is 13.1. The van der Waals surface area contributed by atoms with Gasteiger partial charge in [-0.2, -0.15) is 5.10 Å². The summed E-state index contributed by atoms with van der Waals surface area (Å²) in [5, 5.41) is 7.08. The van der Waals surface area contributed by atoms with E-state index in [0.29, 0.717) is 28.3 Å². The van der Waals surface area contributed by atoms with Crippen molar-refractivity contribution in [3.63, 3.8) is 0 Å². The molecule has 122 valence electrons. The molecule has 1 amide bonds. The van der Waals surface area contributed by atoms with Gasteiger partial charge in [0.2, 0.25) is 0 Å². The minimum absolute atomic E-state index is 0.329. The zero-order chi connectivity index (χ0) is 17.3. The number of benzene rings is 2. The molecule has 0 saturated carbocycles. The van der Waals surface area contributed by atoms with Crippen LogP contribution in [-0.2, 0) is 0 Å². The molecule has 2 aromatic carbocycles. The number of hydrogen-bond donors (Lipinski definition) is 1. The minimum Gasteiger partial charge on any atom is -0.322 e. The second-order valence-corrected chi connectivity index (χ2v) is 5.40. The van der Waals surface area contributed by atoms with E-state index in [9.17, 15) is 13.6 Å². The molecule has 1 N–H and O–H groups in total. The van der Waals surface area contributed by atoms with E-state index in [4.69, 9.17) is 0 Å². The van der Waals surface area contributed by atoms with E-state index in [1.165, 1.54) is 36.4 Å². The molecule has 0 atom stereocenters. The summed E-state index contributed by atoms with van der Waals surface area (Å²) >= 11 is 0. The molecule has 1 aromatic heterocycles. The van der Waals surface area contributed by atoms with Crippen LogP contribution in [0.3, 0.4) is 0 Å². The average Bonchev–Trinajstić information content (AvgIpc) is 2.85. The number of halogens is 2. The first-order valence-corrected chi connectivity index (χ1v) is 7.35. The first-order valence-electron chi connectivity index (χ1n) is 7.35. The van der Waals surface area contributed by atoms with Crippen molar-refractivity contribution in [1.29, 1.82) is 0 Å². The van der Waals surface area contributed by atoms with E-state index in [1.807, 2.05) is 0 Å². The fourth-order valence-electron chi connectivity index (χ4n) is 2.53. The van der Waals surface area contributed by atoms with Gasteiger partial charge in [-0.25, -0.2) is 13.5 Å². The number of carbonyl (C=O) groups is 1. The third-order valence-electron chi connectivity index (χ3n) is 3.69. The molecule has 6 heteroatoms. The van der Waals surface area contributed by atoms with Crippen molar-refractivity contribution in [2.24, 2.45) is 0 Å². The third-order valence-corrected chi connectivity index (χ3v) is 3.69. The molecule has 0 unspecified atom stereocenters. The van der Waals surface area contributed by atoms with Gasteiger partial charge in [0.1, 0.15) is 11.6 Å². The second kappa shape index (κ2) is 6.23. The Bertz CT molecular complexity index is 884. The Morgan fingerprint density at radius 2 is 1.50 bits per heavy atom. The van der Waals surface area contributed by atoms with Crippen LogP contribution in [0.4, 0.5) is 14.5 Å². The highest BCUT2D eigenvalue weighted by Crippen LogP contribution is 2.20. The molecule has 0 bridgehead atoms. The Kier molecular flexibility index (Phi) is 4.12. The molecular weight excluding hydrogens is 312 g/mol. The van der Waals surface area contributed by atoms with Gasteiger partial charge in [0.15, 0.2) is 0 Å². The van der Waals surface area contributed by atoms with E-state index in [2.05, 4.69) is 10.4 Å². The van der Waals surface area contributed by atoms with Crippen LogP contribution in [0.15, 0.2) is 48.5 Å². The number of nitrogens with one attached hydrogen (secondary N) is 1. The first kappa shape index (κ1) is 15.9. The van der Waals surface area contributed by atoms with Gasteiger partial charge >= 0.3 is 0 Å². The molecule has 0 aliphatic carbocycles. The normalized spacial score (nSPS) is 10.7. The Morgan fingerprint density at radius 3 is 2.08 bits per heavy atom. The lowest BCUT2D eigenvalue weighted by atomic mass is 10.1. The van der Waals surface area contributed by atoms with Gasteiger partial charge in [0.05, 0.1) is 22.6 Å². The number of rotatable bonds is 3. The monoisotopic (exact) mass is 327 g/mol. The first-order chi connectivity index (χ1) is 11.5. The van der Waals surface area contributed by atoms with Gasteiger partial charge in [0, 0.05) is 5.69 Å². The number of amides is 1. The second-order valence-electron chi connectivity index (χ2n) is 5.40. The number of nitrogens with zero attached hydrogens (tertiary/aromatic N) is 2. The molecule has 3 rings (SSSR count). The molecule has 4 nitrogen and oxygen atoms in total. The van der Waals surface area contributed by atoms with Crippen molar-refractivity contribution in [2.75, 3.05) is 5.32 Å². The largest absolute Gasteiger partial charge is 0.322 e. The Hall–Kier alpha value is -3.02. The topological polar surface area (TPSA) is 46.9 Å². The van der Waals surface area contributed by atoms with Crippen LogP contribution >= 0.6 is 0 Å². The van der Waals surface area contributed by atoms with Gasteiger partial charge in [-0.05, 0) is 62.4 Å². The number of aromatic nitrogens is 2. The molecule has 0 spiro atoms. The van der Waals surface area contributed by atoms with Crippen molar-refractivity contribution in [1.82, 2.24) is 9.78 Å². The zero-order valence-electron chi connectivity index (χ0n) is 13.2. The molecule has 24 heavy (non-hydrogen) atoms. The summed E-state index contributed by atoms with van der Waals surface area (Å²) in [7, 11) is 0. The van der Waals surface area contributed by atoms with E-state index >= 15 is 0 Å². The fourth-order valence-corrected chi connectivity index (χ4v) is 2.53. The number of carbonyl (C=O) groups excluding carboxylic acids is 1. The average molecular weight is 327 g/mol. The standard InChI is InChI=1S/C18H15F2N3O/c1-11-17(18(24)21-15-7-3-13(19)4-8-15)12(2)23(22-11)16-9-5-14(20)6-10-16/h3-10H,1-2H3,(H,21,24). The lowest BCUT2D eigenvalue weighted by Crippen LogP contribution is -2.14. The SMILES string of the molecule is Cc1nn(-c2ccc(F)cc2)c(C)c1C(=O)Nc1ccc(F)cc1. The van der Waals surface area contributed by atoms with E-state index < -0.39 is 0 Å². The smallest absolute Gasteiger partial charge is 0.259 e. The van der Waals surface area contributed by atoms with E-state index in [-0.39, 0.29) is 17.5 Å². The van der Waals surface area contributed by atoms with Gasteiger partial charge < -0.3 is 5.32 Å². The van der Waals surface area contributed by atoms with Crippen LogP contribution < -0.4 is 5.32 Å². The summed E-state index contributed by atoms with van der Waals surface area (Å²) in [4.78, 5) is 12.5. The molecule has 0 fully saturated rings. The number of anilines is 1. The van der Waals surface area contributed by atoms with Crippen LogP contribution in [-0.4, -0.2) is 15.7 Å². The van der Waals surface area contributed by atoms with Gasteiger partial charge in [-0.3, -0.25) is 4.79 Å². The molecule has 0 radical (unpaired) electrons. The summed E-state index contributed by atoms with van der Waals surface area (Å²) in [5.41, 5.74) is 2.78. The predicted octanol–water partition coefficient (Wildman–Crippen LogP) is 4.02. The quantitative estimate of drug-likeness (QED) is 0.790. The summed E-state index contributed by atoms with van der Waals surface area (Å²) in [6, 6.07) is 11.4. The van der Waals surface area contributed by atoms with Crippen molar-refractivity contribution in [2.45, 2.75) is 13.8 Å². The van der Waals surface area contributed by atoms with Crippen LogP contribution in [0.5, 0.6) is 0 Å². The lowest BCUT2D eigenvalue weighted by molar-refractivity contribution is 0.102. The Labute approximate surface area is 137 Å². The summed E-state index contributed by atoms with van der Waals surface area (Å²) in [6.07, 6.45) is 0.